The summed E-state index contributed by atoms with van der Waals surface area (Å²) < 4.78 is 26.5. The minimum atomic E-state index is -3.25. The lowest BCUT2D eigenvalue weighted by atomic mass is 10.1. The molecule has 0 radical (unpaired) electrons. The molecule has 160 valence electrons. The van der Waals surface area contributed by atoms with Crippen molar-refractivity contribution in [2.75, 3.05) is 6.26 Å². The lowest BCUT2D eigenvalue weighted by Crippen LogP contribution is -2.30. The van der Waals surface area contributed by atoms with Crippen LogP contribution in [-0.2, 0) is 27.7 Å². The second kappa shape index (κ2) is 8.87. The van der Waals surface area contributed by atoms with Crippen LogP contribution in [0.5, 0.6) is 0 Å². The Hall–Kier alpha value is -2.87. The SMILES string of the molecule is CCCn1c(=O)n(CCC(=O)NC(C)c2ccc(S(C)(=O)=O)cc2)c2ccccc21. The number of imidazole rings is 1. The zero-order chi connectivity index (χ0) is 21.9. The summed E-state index contributed by atoms with van der Waals surface area (Å²) in [6, 6.07) is 13.8. The van der Waals surface area contributed by atoms with Crippen LogP contribution >= 0.6 is 0 Å². The highest BCUT2D eigenvalue weighted by molar-refractivity contribution is 7.90. The summed E-state index contributed by atoms with van der Waals surface area (Å²) in [5.74, 6) is -0.172. The number of para-hydroxylation sites is 2. The maximum Gasteiger partial charge on any atom is 0.329 e. The predicted octanol–water partition coefficient (Wildman–Crippen LogP) is 2.88. The Morgan fingerprint density at radius 2 is 1.57 bits per heavy atom. The Kier molecular flexibility index (Phi) is 6.45. The molecule has 1 heterocycles. The Morgan fingerprint density at radius 3 is 2.10 bits per heavy atom. The van der Waals surface area contributed by atoms with E-state index >= 15 is 0 Å². The number of nitrogens with zero attached hydrogens (tertiary/aromatic N) is 2. The van der Waals surface area contributed by atoms with Gasteiger partial charge in [0.05, 0.1) is 22.0 Å². The molecule has 1 unspecified atom stereocenters. The van der Waals surface area contributed by atoms with Crippen LogP contribution in [0.25, 0.3) is 11.0 Å². The van der Waals surface area contributed by atoms with Gasteiger partial charge in [-0.2, -0.15) is 0 Å². The lowest BCUT2D eigenvalue weighted by Gasteiger charge is -2.15. The molecule has 3 aromatic rings. The molecule has 30 heavy (non-hydrogen) atoms. The predicted molar refractivity (Wildman–Crippen MR) is 117 cm³/mol. The van der Waals surface area contributed by atoms with Gasteiger partial charge in [0.1, 0.15) is 0 Å². The third-order valence-corrected chi connectivity index (χ3v) is 6.25. The zero-order valence-corrected chi connectivity index (χ0v) is 18.3. The van der Waals surface area contributed by atoms with Crippen molar-refractivity contribution in [2.45, 2.75) is 50.7 Å². The van der Waals surface area contributed by atoms with Crippen molar-refractivity contribution in [3.05, 3.63) is 64.6 Å². The van der Waals surface area contributed by atoms with Crippen molar-refractivity contribution in [1.82, 2.24) is 14.5 Å². The normalized spacial score (nSPS) is 12.8. The first-order valence-electron chi connectivity index (χ1n) is 9.99. The van der Waals surface area contributed by atoms with E-state index < -0.39 is 9.84 Å². The monoisotopic (exact) mass is 429 g/mol. The largest absolute Gasteiger partial charge is 0.350 e. The van der Waals surface area contributed by atoms with E-state index in [0.29, 0.717) is 13.1 Å². The Balaban J connectivity index is 1.69. The van der Waals surface area contributed by atoms with Crippen LogP contribution in [0.2, 0.25) is 0 Å². The zero-order valence-electron chi connectivity index (χ0n) is 17.5. The number of nitrogens with one attached hydrogen (secondary N) is 1. The standard InChI is InChI=1S/C22H27N3O4S/c1-4-14-24-19-7-5-6-8-20(19)25(22(24)27)15-13-21(26)23-16(2)17-9-11-18(12-10-17)30(3,28)29/h5-12,16H,4,13-15H2,1-3H3,(H,23,26). The van der Waals surface area contributed by atoms with Crippen molar-refractivity contribution in [3.63, 3.8) is 0 Å². The third-order valence-electron chi connectivity index (χ3n) is 5.12. The van der Waals surface area contributed by atoms with E-state index in [-0.39, 0.29) is 29.0 Å². The number of sulfone groups is 1. The van der Waals surface area contributed by atoms with Gasteiger partial charge in [0, 0.05) is 25.8 Å². The highest BCUT2D eigenvalue weighted by atomic mass is 32.2. The lowest BCUT2D eigenvalue weighted by molar-refractivity contribution is -0.121. The van der Waals surface area contributed by atoms with Gasteiger partial charge in [-0.1, -0.05) is 31.2 Å². The number of rotatable bonds is 8. The van der Waals surface area contributed by atoms with E-state index in [0.717, 1.165) is 29.3 Å². The topological polar surface area (TPSA) is 90.2 Å². The number of amides is 1. The van der Waals surface area contributed by atoms with Gasteiger partial charge in [-0.05, 0) is 43.2 Å². The Labute approximate surface area is 176 Å². The molecule has 1 atom stereocenters. The third kappa shape index (κ3) is 4.64. The Bertz CT molecular complexity index is 1210. The second-order valence-electron chi connectivity index (χ2n) is 7.45. The maximum atomic E-state index is 12.8. The van der Waals surface area contributed by atoms with Crippen LogP contribution in [0.15, 0.2) is 58.2 Å². The van der Waals surface area contributed by atoms with Crippen molar-refractivity contribution in [3.8, 4) is 0 Å². The van der Waals surface area contributed by atoms with E-state index in [1.54, 1.807) is 21.3 Å². The van der Waals surface area contributed by atoms with Gasteiger partial charge in [-0.15, -0.1) is 0 Å². The highest BCUT2D eigenvalue weighted by Crippen LogP contribution is 2.17. The van der Waals surface area contributed by atoms with Crippen molar-refractivity contribution in [1.29, 1.82) is 0 Å². The summed E-state index contributed by atoms with van der Waals surface area (Å²) in [6.07, 6.45) is 2.18. The van der Waals surface area contributed by atoms with E-state index in [2.05, 4.69) is 5.32 Å². The van der Waals surface area contributed by atoms with Crippen molar-refractivity contribution >= 4 is 26.8 Å². The summed E-state index contributed by atoms with van der Waals surface area (Å²) in [4.78, 5) is 25.5. The number of aryl methyl sites for hydroxylation is 2. The van der Waals surface area contributed by atoms with Gasteiger partial charge in [0.15, 0.2) is 9.84 Å². The van der Waals surface area contributed by atoms with Crippen LogP contribution in [-0.4, -0.2) is 29.7 Å². The number of hydrogen-bond acceptors (Lipinski definition) is 4. The first kappa shape index (κ1) is 21.8. The summed E-state index contributed by atoms with van der Waals surface area (Å²) in [5.41, 5.74) is 2.42. The minimum Gasteiger partial charge on any atom is -0.350 e. The van der Waals surface area contributed by atoms with E-state index in [1.165, 1.54) is 12.1 Å². The first-order valence-corrected chi connectivity index (χ1v) is 11.9. The van der Waals surface area contributed by atoms with Gasteiger partial charge in [-0.25, -0.2) is 13.2 Å². The molecule has 0 spiro atoms. The number of aromatic nitrogens is 2. The molecule has 7 nitrogen and oxygen atoms in total. The first-order chi connectivity index (χ1) is 14.2. The van der Waals surface area contributed by atoms with E-state index in [4.69, 9.17) is 0 Å². The van der Waals surface area contributed by atoms with Gasteiger partial charge in [0.25, 0.3) is 0 Å². The molecule has 0 aliphatic carbocycles. The molecule has 1 aromatic heterocycles. The van der Waals surface area contributed by atoms with Crippen LogP contribution in [0, 0.1) is 0 Å². The molecular formula is C22H27N3O4S. The maximum absolute atomic E-state index is 12.8. The molecule has 0 saturated heterocycles. The molecule has 1 N–H and O–H groups in total. The molecule has 0 fully saturated rings. The van der Waals surface area contributed by atoms with Gasteiger partial charge >= 0.3 is 5.69 Å². The number of carbonyl (C=O) groups is 1. The van der Waals surface area contributed by atoms with Gasteiger partial charge < -0.3 is 5.32 Å². The van der Waals surface area contributed by atoms with Crippen molar-refractivity contribution < 1.29 is 13.2 Å². The summed E-state index contributed by atoms with van der Waals surface area (Å²) in [5, 5.41) is 2.91. The summed E-state index contributed by atoms with van der Waals surface area (Å²) in [6.45, 7) is 4.79. The molecule has 0 bridgehead atoms. The fourth-order valence-corrected chi connectivity index (χ4v) is 4.17. The van der Waals surface area contributed by atoms with Gasteiger partial charge in [0.2, 0.25) is 5.91 Å². The number of carbonyl (C=O) groups excluding carboxylic acids is 1. The second-order valence-corrected chi connectivity index (χ2v) is 9.47. The van der Waals surface area contributed by atoms with E-state index in [9.17, 15) is 18.0 Å². The number of benzene rings is 2. The number of fused-ring (bicyclic) bond motifs is 1. The van der Waals surface area contributed by atoms with Crippen molar-refractivity contribution in [2.24, 2.45) is 0 Å². The Morgan fingerprint density at radius 1 is 1.00 bits per heavy atom. The summed E-state index contributed by atoms with van der Waals surface area (Å²) in [7, 11) is -3.25. The minimum absolute atomic E-state index is 0.102. The van der Waals surface area contributed by atoms with Crippen LogP contribution in [0.4, 0.5) is 0 Å². The molecule has 3 rings (SSSR count). The summed E-state index contributed by atoms with van der Waals surface area (Å²) >= 11 is 0. The average Bonchev–Trinajstić information content (AvgIpc) is 2.97. The fraction of sp³-hybridized carbons (Fsp3) is 0.364. The number of hydrogen-bond donors (Lipinski definition) is 1. The molecule has 8 heteroatoms. The molecule has 0 aliphatic heterocycles. The molecular weight excluding hydrogens is 402 g/mol. The quantitative estimate of drug-likeness (QED) is 0.596. The fourth-order valence-electron chi connectivity index (χ4n) is 3.54. The average molecular weight is 430 g/mol. The molecule has 0 saturated carbocycles. The molecule has 0 aliphatic rings. The highest BCUT2D eigenvalue weighted by Gasteiger charge is 2.15. The van der Waals surface area contributed by atoms with E-state index in [1.807, 2.05) is 38.1 Å². The van der Waals surface area contributed by atoms with Crippen LogP contribution < -0.4 is 11.0 Å². The van der Waals surface area contributed by atoms with Crippen LogP contribution in [0.1, 0.15) is 38.3 Å². The smallest absolute Gasteiger partial charge is 0.329 e. The van der Waals surface area contributed by atoms with Crippen LogP contribution in [0.3, 0.4) is 0 Å². The van der Waals surface area contributed by atoms with Gasteiger partial charge in [-0.3, -0.25) is 13.9 Å². The molecule has 1 amide bonds. The molecule has 2 aromatic carbocycles.